The summed E-state index contributed by atoms with van der Waals surface area (Å²) in [5.74, 6) is -0.568. The predicted molar refractivity (Wildman–Crippen MR) is 147 cm³/mol. The molecule has 186 valence electrons. The zero-order valence-electron chi connectivity index (χ0n) is 21.2. The van der Waals surface area contributed by atoms with Gasteiger partial charge < -0.3 is 14.7 Å². The first-order chi connectivity index (χ1) is 17.7. The van der Waals surface area contributed by atoms with Gasteiger partial charge in [0, 0.05) is 29.1 Å². The number of aromatic nitrogens is 1. The number of anilines is 1. The summed E-state index contributed by atoms with van der Waals surface area (Å²) in [5.41, 5.74) is 6.63. The van der Waals surface area contributed by atoms with Gasteiger partial charge in [-0.05, 0) is 28.3 Å². The van der Waals surface area contributed by atoms with Crippen LogP contribution in [0, 0.1) is 0 Å². The number of benzene rings is 3. The molecule has 0 atom stereocenters. The number of nitrogens with one attached hydrogen (secondary N) is 3. The number of hydrogen-bond donors (Lipinski definition) is 3. The molecule has 0 fully saturated rings. The van der Waals surface area contributed by atoms with Crippen LogP contribution in [-0.2, 0) is 14.8 Å². The average Bonchev–Trinajstić information content (AvgIpc) is 3.13. The Hall–Kier alpha value is -4.01. The van der Waals surface area contributed by atoms with Crippen molar-refractivity contribution in [2.45, 2.75) is 38.3 Å². The Bertz CT molecular complexity index is 1470. The van der Waals surface area contributed by atoms with E-state index in [9.17, 15) is 9.59 Å². The molecule has 1 aromatic heterocycles. The molecule has 2 heterocycles. The minimum Gasteiger partial charge on any atom is -0.399 e. The van der Waals surface area contributed by atoms with Crippen LogP contribution in [0.1, 0.15) is 60.4 Å². The number of nitrogens with zero attached hydrogens (tertiary/aromatic N) is 1. The van der Waals surface area contributed by atoms with Crippen LogP contribution >= 0.6 is 0 Å². The number of carbonyl (C=O) groups excluding carboxylic acids is 2. The smallest absolute Gasteiger partial charge is 0.272 e. The maximum absolute atomic E-state index is 13.0. The Morgan fingerprint density at radius 3 is 2.16 bits per heavy atom. The van der Waals surface area contributed by atoms with Gasteiger partial charge in [0.05, 0.1) is 17.5 Å². The third kappa shape index (κ3) is 4.61. The van der Waals surface area contributed by atoms with Crippen molar-refractivity contribution in [3.05, 3.63) is 101 Å². The van der Waals surface area contributed by atoms with E-state index in [2.05, 4.69) is 65.9 Å². The van der Waals surface area contributed by atoms with E-state index in [1.54, 1.807) is 12.3 Å². The van der Waals surface area contributed by atoms with E-state index >= 15 is 0 Å². The number of carbonyl (C=O) groups is 2. The number of H-pyrrole nitrogens is 1. The highest BCUT2D eigenvalue weighted by atomic mass is 28.2. The summed E-state index contributed by atoms with van der Waals surface area (Å²) in [7, 11) is 0.153. The quantitative estimate of drug-likeness (QED) is 0.306. The fraction of sp³-hybridized carbons (Fsp3) is 0.207. The van der Waals surface area contributed by atoms with Crippen molar-refractivity contribution in [3.8, 4) is 0 Å². The van der Waals surface area contributed by atoms with Crippen molar-refractivity contribution in [1.29, 1.82) is 0 Å². The minimum atomic E-state index is -1.02. The summed E-state index contributed by atoms with van der Waals surface area (Å²) in [6, 6.07) is 23.7. The maximum atomic E-state index is 13.0. The number of amides is 2. The second-order valence-corrected chi connectivity index (χ2v) is 12.0. The molecule has 5 rings (SSSR count). The summed E-state index contributed by atoms with van der Waals surface area (Å²) in [4.78, 5) is 28.4. The van der Waals surface area contributed by atoms with E-state index < -0.39 is 5.60 Å². The third-order valence-corrected chi connectivity index (χ3v) is 7.11. The maximum Gasteiger partial charge on any atom is 0.272 e. The average molecular weight is 509 g/mol. The minimum absolute atomic E-state index is 0.0930. The lowest BCUT2D eigenvalue weighted by atomic mass is 9.81. The van der Waals surface area contributed by atoms with Gasteiger partial charge in [0.1, 0.15) is 5.60 Å². The molecule has 3 aromatic carbocycles. The standard InChI is InChI=1S/C29H28N4O3Si/c1-18(34)31-21-15-22-25-23(17-30-33-27(22)35)26(32-24(25)16-21)29(36-37-28(2,3)4,19-11-7-5-8-12-19)20-13-9-6-10-14-20/h5-17,32H,1-4H3,(H,31,34)(H,33,35). The van der Waals surface area contributed by atoms with Gasteiger partial charge in [-0.1, -0.05) is 81.4 Å². The molecule has 0 saturated heterocycles. The lowest BCUT2D eigenvalue weighted by Crippen LogP contribution is -2.37. The molecule has 8 heteroatoms. The molecular weight excluding hydrogens is 480 g/mol. The Morgan fingerprint density at radius 2 is 1.59 bits per heavy atom. The second-order valence-electron chi connectivity index (χ2n) is 10.1. The highest BCUT2D eigenvalue weighted by Crippen LogP contribution is 2.45. The Balaban J connectivity index is 1.88. The molecule has 7 nitrogen and oxygen atoms in total. The zero-order chi connectivity index (χ0) is 26.2. The lowest BCUT2D eigenvalue weighted by molar-refractivity contribution is -0.114. The molecule has 2 radical (unpaired) electrons. The molecule has 1 aliphatic rings. The molecule has 3 N–H and O–H groups in total. The lowest BCUT2D eigenvalue weighted by Gasteiger charge is -2.37. The predicted octanol–water partition coefficient (Wildman–Crippen LogP) is 5.35. The van der Waals surface area contributed by atoms with E-state index in [1.165, 1.54) is 6.92 Å². The Labute approximate surface area is 218 Å². The molecule has 2 amide bonds. The first-order valence-corrected chi connectivity index (χ1v) is 13.0. The normalized spacial score (nSPS) is 13.4. The van der Waals surface area contributed by atoms with Gasteiger partial charge in [0.25, 0.3) is 5.91 Å². The summed E-state index contributed by atoms with van der Waals surface area (Å²) >= 11 is 0. The van der Waals surface area contributed by atoms with E-state index in [-0.39, 0.29) is 26.6 Å². The van der Waals surface area contributed by atoms with Gasteiger partial charge in [-0.2, -0.15) is 5.10 Å². The number of hydrazone groups is 1. The summed E-state index contributed by atoms with van der Waals surface area (Å²) in [6.07, 6.45) is 1.67. The number of hydrogen-bond acceptors (Lipinski definition) is 4. The third-order valence-electron chi connectivity index (χ3n) is 6.08. The fourth-order valence-corrected chi connectivity index (χ4v) is 5.43. The fourth-order valence-electron chi connectivity index (χ4n) is 4.63. The first kappa shape index (κ1) is 24.7. The molecule has 0 spiro atoms. The van der Waals surface area contributed by atoms with Gasteiger partial charge in [-0.15, -0.1) is 0 Å². The van der Waals surface area contributed by atoms with Crippen molar-refractivity contribution >= 4 is 44.4 Å². The van der Waals surface area contributed by atoms with Gasteiger partial charge in [-0.3, -0.25) is 9.59 Å². The second kappa shape index (κ2) is 9.46. The molecule has 4 aromatic rings. The van der Waals surface area contributed by atoms with Crippen LogP contribution in [-0.4, -0.2) is 32.8 Å². The van der Waals surface area contributed by atoms with Crippen LogP contribution in [0.2, 0.25) is 5.04 Å². The van der Waals surface area contributed by atoms with E-state index in [0.29, 0.717) is 16.8 Å². The van der Waals surface area contributed by atoms with Crippen LogP contribution in [0.15, 0.2) is 77.9 Å². The van der Waals surface area contributed by atoms with E-state index in [4.69, 9.17) is 4.43 Å². The van der Waals surface area contributed by atoms with Crippen LogP contribution < -0.4 is 10.7 Å². The molecule has 0 saturated carbocycles. The molecule has 37 heavy (non-hydrogen) atoms. The van der Waals surface area contributed by atoms with Crippen molar-refractivity contribution < 1.29 is 14.0 Å². The van der Waals surface area contributed by atoms with Gasteiger partial charge in [0.2, 0.25) is 15.7 Å². The van der Waals surface area contributed by atoms with Gasteiger partial charge >= 0.3 is 0 Å². The van der Waals surface area contributed by atoms with Crippen LogP contribution in [0.25, 0.3) is 10.9 Å². The van der Waals surface area contributed by atoms with Gasteiger partial charge in [-0.25, -0.2) is 5.43 Å². The first-order valence-electron chi connectivity index (χ1n) is 12.1. The molecule has 0 bridgehead atoms. The highest BCUT2D eigenvalue weighted by molar-refractivity contribution is 6.32. The zero-order valence-corrected chi connectivity index (χ0v) is 22.2. The Kier molecular flexibility index (Phi) is 6.31. The summed E-state index contributed by atoms with van der Waals surface area (Å²) in [5, 5.41) is 7.67. The number of rotatable bonds is 6. The molecule has 1 aliphatic heterocycles. The van der Waals surface area contributed by atoms with Crippen molar-refractivity contribution in [2.24, 2.45) is 5.10 Å². The summed E-state index contributed by atoms with van der Waals surface area (Å²) in [6.45, 7) is 7.88. The van der Waals surface area contributed by atoms with Crippen LogP contribution in [0.4, 0.5) is 5.69 Å². The molecular formula is C29H28N4O3Si. The van der Waals surface area contributed by atoms with Crippen molar-refractivity contribution in [2.75, 3.05) is 5.32 Å². The monoisotopic (exact) mass is 508 g/mol. The van der Waals surface area contributed by atoms with Crippen LogP contribution in [0.3, 0.4) is 0 Å². The highest BCUT2D eigenvalue weighted by Gasteiger charge is 2.43. The summed E-state index contributed by atoms with van der Waals surface area (Å²) < 4.78 is 7.01. The number of aromatic amines is 1. The molecule has 0 aliphatic carbocycles. The largest absolute Gasteiger partial charge is 0.399 e. The topological polar surface area (TPSA) is 95.6 Å². The van der Waals surface area contributed by atoms with Crippen LogP contribution in [0.5, 0.6) is 0 Å². The van der Waals surface area contributed by atoms with Crippen molar-refractivity contribution in [3.63, 3.8) is 0 Å². The molecule has 0 unspecified atom stereocenters. The SMILES string of the molecule is CC(=O)Nc1cc2c3c(c(C(O[Si]C(C)(C)C)(c4ccccc4)c4ccccc4)[nH]c3c1)C=NNC2=O. The van der Waals surface area contributed by atoms with E-state index in [1.807, 2.05) is 42.5 Å². The van der Waals surface area contributed by atoms with Gasteiger partial charge in [0.15, 0.2) is 0 Å². The Morgan fingerprint density at radius 1 is 0.973 bits per heavy atom. The van der Waals surface area contributed by atoms with Crippen molar-refractivity contribution in [1.82, 2.24) is 10.4 Å². The van der Waals surface area contributed by atoms with E-state index in [0.717, 1.165) is 27.8 Å².